The summed E-state index contributed by atoms with van der Waals surface area (Å²) in [5, 5.41) is 13.7. The average Bonchev–Trinajstić information content (AvgIpc) is 3.62. The molecule has 0 aliphatic heterocycles. The molecule has 1 atom stereocenters. The lowest BCUT2D eigenvalue weighted by Crippen LogP contribution is -2.19. The second-order valence-electron chi connectivity index (χ2n) is 9.43. The predicted molar refractivity (Wildman–Crippen MR) is 135 cm³/mol. The van der Waals surface area contributed by atoms with E-state index >= 15 is 0 Å². The molecule has 0 spiro atoms. The van der Waals surface area contributed by atoms with Crippen molar-refractivity contribution in [1.82, 2.24) is 5.16 Å². The molecule has 3 aromatic carbocycles. The Morgan fingerprint density at radius 2 is 1.57 bits per heavy atom. The van der Waals surface area contributed by atoms with Gasteiger partial charge >= 0.3 is 5.97 Å². The van der Waals surface area contributed by atoms with E-state index in [1.54, 1.807) is 0 Å². The van der Waals surface area contributed by atoms with Crippen LogP contribution in [0.3, 0.4) is 0 Å². The van der Waals surface area contributed by atoms with Crippen LogP contribution in [0.1, 0.15) is 42.1 Å². The first-order valence-electron chi connectivity index (χ1n) is 12.0. The molecule has 5 heteroatoms. The molecule has 1 saturated carbocycles. The molecule has 4 aromatic rings. The number of ether oxygens (including phenoxy) is 1. The Bertz CT molecular complexity index is 1300. The maximum Gasteiger partial charge on any atom is 0.314 e. The zero-order valence-corrected chi connectivity index (χ0v) is 20.0. The van der Waals surface area contributed by atoms with Gasteiger partial charge in [0.15, 0.2) is 5.76 Å². The number of aryl methyl sites for hydroxylation is 1. The van der Waals surface area contributed by atoms with Crippen molar-refractivity contribution >= 4 is 5.97 Å². The number of carboxylic acids is 1. The number of nitrogens with zero attached hydrogens (tertiary/aromatic N) is 1. The highest BCUT2D eigenvalue weighted by Gasteiger charge is 2.51. The summed E-state index contributed by atoms with van der Waals surface area (Å²) in [6.07, 6.45) is 2.34. The monoisotopic (exact) mass is 467 g/mol. The normalized spacial score (nSPS) is 15.0. The van der Waals surface area contributed by atoms with Gasteiger partial charge in [-0.1, -0.05) is 84.0 Å². The fourth-order valence-corrected chi connectivity index (χ4v) is 4.56. The van der Waals surface area contributed by atoms with Crippen LogP contribution in [0.15, 0.2) is 83.4 Å². The average molecular weight is 468 g/mol. The third-order valence-corrected chi connectivity index (χ3v) is 6.94. The molecule has 1 aromatic heterocycles. The molecule has 1 unspecified atom stereocenters. The van der Waals surface area contributed by atoms with Crippen LogP contribution >= 0.6 is 0 Å². The standard InChI is InChI=1S/C30H29NO4/c1-20(18-22-6-4-3-5-7-22)34-19-27-21(2)31-35-28(27)25-10-8-23(9-11-25)24-12-14-26(15-13-24)30(16-17-30)29(32)33/h3-15,20H,16-19H2,1-2H3,(H,32,33). The van der Waals surface area contributed by atoms with E-state index in [1.807, 2.05) is 61.5 Å². The Morgan fingerprint density at radius 3 is 2.17 bits per heavy atom. The first-order chi connectivity index (χ1) is 17.0. The number of hydrogen-bond acceptors (Lipinski definition) is 4. The van der Waals surface area contributed by atoms with E-state index in [9.17, 15) is 9.90 Å². The van der Waals surface area contributed by atoms with E-state index in [0.717, 1.165) is 45.7 Å². The Morgan fingerprint density at radius 1 is 0.971 bits per heavy atom. The van der Waals surface area contributed by atoms with Crippen molar-refractivity contribution in [2.24, 2.45) is 0 Å². The Hall–Kier alpha value is -3.70. The molecule has 0 radical (unpaired) electrons. The summed E-state index contributed by atoms with van der Waals surface area (Å²) in [5.41, 5.74) is 6.31. The van der Waals surface area contributed by atoms with Gasteiger partial charge < -0.3 is 14.4 Å². The topological polar surface area (TPSA) is 72.6 Å². The maximum atomic E-state index is 11.6. The minimum Gasteiger partial charge on any atom is -0.481 e. The molecular weight excluding hydrogens is 438 g/mol. The molecular formula is C30H29NO4. The van der Waals surface area contributed by atoms with Crippen molar-refractivity contribution in [2.75, 3.05) is 0 Å². The second-order valence-corrected chi connectivity index (χ2v) is 9.43. The Kier molecular flexibility index (Phi) is 6.27. The fraction of sp³-hybridized carbons (Fsp3) is 0.267. The lowest BCUT2D eigenvalue weighted by atomic mass is 9.93. The highest BCUT2D eigenvalue weighted by molar-refractivity contribution is 5.85. The Balaban J connectivity index is 1.28. The van der Waals surface area contributed by atoms with Gasteiger partial charge in [0, 0.05) is 11.1 Å². The molecule has 0 bridgehead atoms. The number of hydrogen-bond donors (Lipinski definition) is 1. The van der Waals surface area contributed by atoms with E-state index in [1.165, 1.54) is 5.56 Å². The number of aliphatic carboxylic acids is 1. The van der Waals surface area contributed by atoms with Gasteiger partial charge in [0.2, 0.25) is 0 Å². The number of carbonyl (C=O) groups is 1. The van der Waals surface area contributed by atoms with Crippen molar-refractivity contribution < 1.29 is 19.2 Å². The van der Waals surface area contributed by atoms with Crippen molar-refractivity contribution in [3.8, 4) is 22.5 Å². The lowest BCUT2D eigenvalue weighted by Gasteiger charge is -2.13. The molecule has 1 heterocycles. The molecule has 0 saturated heterocycles. The van der Waals surface area contributed by atoms with Gasteiger partial charge in [0.05, 0.1) is 23.8 Å². The summed E-state index contributed by atoms with van der Waals surface area (Å²) in [6, 6.07) is 26.4. The minimum atomic E-state index is -0.730. The largest absolute Gasteiger partial charge is 0.481 e. The van der Waals surface area contributed by atoms with Crippen LogP contribution in [-0.2, 0) is 28.0 Å². The molecule has 5 rings (SSSR count). The van der Waals surface area contributed by atoms with Crippen LogP contribution in [0.5, 0.6) is 0 Å². The fourth-order valence-electron chi connectivity index (χ4n) is 4.56. The second kappa shape index (κ2) is 9.51. The summed E-state index contributed by atoms with van der Waals surface area (Å²) in [6.45, 7) is 4.46. The van der Waals surface area contributed by atoms with Gasteiger partial charge in [0.25, 0.3) is 0 Å². The molecule has 1 aliphatic carbocycles. The smallest absolute Gasteiger partial charge is 0.314 e. The molecule has 0 amide bonds. The predicted octanol–water partition coefficient (Wildman–Crippen LogP) is 6.58. The van der Waals surface area contributed by atoms with E-state index in [4.69, 9.17) is 9.26 Å². The highest BCUT2D eigenvalue weighted by Crippen LogP contribution is 2.48. The van der Waals surface area contributed by atoms with Gasteiger partial charge in [-0.05, 0) is 55.4 Å². The van der Waals surface area contributed by atoms with Crippen molar-refractivity contribution in [1.29, 1.82) is 0 Å². The number of rotatable bonds is 9. The molecule has 5 nitrogen and oxygen atoms in total. The van der Waals surface area contributed by atoms with Crippen LogP contribution in [0.2, 0.25) is 0 Å². The molecule has 35 heavy (non-hydrogen) atoms. The number of benzene rings is 3. The van der Waals surface area contributed by atoms with Crippen molar-refractivity contribution in [3.63, 3.8) is 0 Å². The van der Waals surface area contributed by atoms with Crippen LogP contribution in [0, 0.1) is 6.92 Å². The maximum absolute atomic E-state index is 11.6. The highest BCUT2D eigenvalue weighted by atomic mass is 16.5. The van der Waals surface area contributed by atoms with Crippen molar-refractivity contribution in [2.45, 2.75) is 51.2 Å². The number of carboxylic acid groups (broad SMARTS) is 1. The minimum absolute atomic E-state index is 0.0702. The summed E-state index contributed by atoms with van der Waals surface area (Å²) in [7, 11) is 0. The summed E-state index contributed by atoms with van der Waals surface area (Å²) in [4.78, 5) is 11.6. The Labute approximate surface area is 205 Å². The first kappa shape index (κ1) is 23.1. The zero-order valence-electron chi connectivity index (χ0n) is 20.0. The van der Waals surface area contributed by atoms with Gasteiger partial charge in [0.1, 0.15) is 0 Å². The number of aromatic nitrogens is 1. The zero-order chi connectivity index (χ0) is 24.4. The summed E-state index contributed by atoms with van der Waals surface area (Å²) < 4.78 is 11.8. The van der Waals surface area contributed by atoms with E-state index in [2.05, 4.69) is 36.3 Å². The van der Waals surface area contributed by atoms with Crippen LogP contribution in [0.25, 0.3) is 22.5 Å². The van der Waals surface area contributed by atoms with Gasteiger partial charge in [-0.2, -0.15) is 0 Å². The van der Waals surface area contributed by atoms with Crippen LogP contribution in [0.4, 0.5) is 0 Å². The van der Waals surface area contributed by atoms with Gasteiger partial charge in [-0.25, -0.2) is 0 Å². The summed E-state index contributed by atoms with van der Waals surface area (Å²) in [5.74, 6) is -0.000334. The van der Waals surface area contributed by atoms with Crippen LogP contribution < -0.4 is 0 Å². The lowest BCUT2D eigenvalue weighted by molar-refractivity contribution is -0.140. The SMILES string of the molecule is Cc1noc(-c2ccc(-c3ccc(C4(C(=O)O)CC4)cc3)cc2)c1COC(C)Cc1ccccc1. The molecule has 178 valence electrons. The third kappa shape index (κ3) is 4.77. The first-order valence-corrected chi connectivity index (χ1v) is 12.0. The summed E-state index contributed by atoms with van der Waals surface area (Å²) >= 11 is 0. The van der Waals surface area contributed by atoms with Crippen molar-refractivity contribution in [3.05, 3.63) is 101 Å². The molecule has 1 N–H and O–H groups in total. The van der Waals surface area contributed by atoms with E-state index in [-0.39, 0.29) is 6.10 Å². The quantitative estimate of drug-likeness (QED) is 0.301. The van der Waals surface area contributed by atoms with Gasteiger partial charge in [-0.15, -0.1) is 0 Å². The van der Waals surface area contributed by atoms with E-state index in [0.29, 0.717) is 19.4 Å². The molecule has 1 fully saturated rings. The third-order valence-electron chi connectivity index (χ3n) is 6.94. The van der Waals surface area contributed by atoms with E-state index < -0.39 is 11.4 Å². The van der Waals surface area contributed by atoms with Gasteiger partial charge in [-0.3, -0.25) is 4.79 Å². The molecule has 1 aliphatic rings. The van der Waals surface area contributed by atoms with Crippen LogP contribution in [-0.4, -0.2) is 22.3 Å².